The molecule has 1 unspecified atom stereocenters. The summed E-state index contributed by atoms with van der Waals surface area (Å²) in [6.45, 7) is 0. The van der Waals surface area contributed by atoms with Crippen LogP contribution in [-0.4, -0.2) is 15.9 Å². The molecule has 1 atom stereocenters. The van der Waals surface area contributed by atoms with Crippen LogP contribution in [0.3, 0.4) is 0 Å². The van der Waals surface area contributed by atoms with E-state index in [-0.39, 0.29) is 11.9 Å². The van der Waals surface area contributed by atoms with Gasteiger partial charge in [-0.1, -0.05) is 18.9 Å². The van der Waals surface area contributed by atoms with Crippen molar-refractivity contribution in [3.8, 4) is 0 Å². The Kier molecular flexibility index (Phi) is 4.06. The van der Waals surface area contributed by atoms with Gasteiger partial charge in [-0.05, 0) is 30.2 Å². The number of aromatic nitrogens is 2. The molecular weight excluding hydrogens is 270 g/mol. The van der Waals surface area contributed by atoms with Crippen molar-refractivity contribution in [2.24, 2.45) is 5.92 Å². The molecule has 20 heavy (non-hydrogen) atoms. The van der Waals surface area contributed by atoms with Crippen LogP contribution in [-0.2, 0) is 0 Å². The summed E-state index contributed by atoms with van der Waals surface area (Å²) >= 11 is 1.70. The molecule has 5 heteroatoms. The van der Waals surface area contributed by atoms with E-state index in [1.165, 1.54) is 36.8 Å². The fraction of sp³-hybridized carbons (Fsp3) is 0.400. The Morgan fingerprint density at radius 1 is 1.35 bits per heavy atom. The van der Waals surface area contributed by atoms with Crippen molar-refractivity contribution in [2.75, 3.05) is 0 Å². The highest BCUT2D eigenvalue weighted by Gasteiger charge is 2.28. The predicted octanol–water partition coefficient (Wildman–Crippen LogP) is 3.20. The molecule has 1 saturated carbocycles. The Morgan fingerprint density at radius 3 is 2.85 bits per heavy atom. The maximum absolute atomic E-state index is 12.3. The third-order valence-corrected chi connectivity index (χ3v) is 4.76. The zero-order valence-corrected chi connectivity index (χ0v) is 12.0. The van der Waals surface area contributed by atoms with E-state index >= 15 is 0 Å². The minimum atomic E-state index is -0.136. The van der Waals surface area contributed by atoms with Crippen molar-refractivity contribution < 1.29 is 4.79 Å². The molecule has 0 spiro atoms. The van der Waals surface area contributed by atoms with Crippen molar-refractivity contribution in [1.82, 2.24) is 15.3 Å². The lowest BCUT2D eigenvalue weighted by Crippen LogP contribution is -2.32. The van der Waals surface area contributed by atoms with Gasteiger partial charge in [-0.3, -0.25) is 9.78 Å². The summed E-state index contributed by atoms with van der Waals surface area (Å²) in [4.78, 5) is 21.5. The van der Waals surface area contributed by atoms with Crippen LogP contribution in [0.5, 0.6) is 0 Å². The first-order valence-corrected chi connectivity index (χ1v) is 7.83. The summed E-state index contributed by atoms with van der Waals surface area (Å²) in [6.07, 6.45) is 9.51. The van der Waals surface area contributed by atoms with Crippen molar-refractivity contribution >= 4 is 17.2 Å². The van der Waals surface area contributed by atoms with Crippen LogP contribution in [0.2, 0.25) is 0 Å². The Hall–Kier alpha value is -1.75. The molecule has 1 N–H and O–H groups in total. The zero-order chi connectivity index (χ0) is 13.8. The normalized spacial score (nSPS) is 17.0. The first kappa shape index (κ1) is 13.2. The van der Waals surface area contributed by atoms with Crippen LogP contribution in [0.4, 0.5) is 0 Å². The zero-order valence-electron chi connectivity index (χ0n) is 11.2. The number of rotatable bonds is 4. The van der Waals surface area contributed by atoms with Crippen molar-refractivity contribution in [2.45, 2.75) is 31.7 Å². The van der Waals surface area contributed by atoms with Gasteiger partial charge in [0.1, 0.15) is 5.69 Å². The minimum Gasteiger partial charge on any atom is -0.343 e. The lowest BCUT2D eigenvalue weighted by molar-refractivity contribution is 0.0917. The van der Waals surface area contributed by atoms with E-state index in [0.717, 1.165) is 0 Å². The number of nitrogens with zero attached hydrogens (tertiary/aromatic N) is 2. The molecule has 2 aromatic heterocycles. The molecule has 2 aromatic rings. The number of hydrogen-bond acceptors (Lipinski definition) is 4. The van der Waals surface area contributed by atoms with Gasteiger partial charge in [0.25, 0.3) is 5.91 Å². The van der Waals surface area contributed by atoms with Gasteiger partial charge in [0.2, 0.25) is 0 Å². The van der Waals surface area contributed by atoms with Crippen LogP contribution in [0.15, 0.2) is 36.1 Å². The van der Waals surface area contributed by atoms with E-state index in [1.54, 1.807) is 23.7 Å². The van der Waals surface area contributed by atoms with Gasteiger partial charge in [0.05, 0.1) is 12.2 Å². The van der Waals surface area contributed by atoms with Gasteiger partial charge in [-0.2, -0.15) is 0 Å². The molecule has 0 radical (unpaired) electrons. The minimum absolute atomic E-state index is 0.104. The summed E-state index contributed by atoms with van der Waals surface area (Å²) in [7, 11) is 0. The third-order valence-electron chi connectivity index (χ3n) is 3.80. The molecule has 2 heterocycles. The summed E-state index contributed by atoms with van der Waals surface area (Å²) in [5.41, 5.74) is 0.382. The van der Waals surface area contributed by atoms with Gasteiger partial charge in [-0.15, -0.1) is 11.3 Å². The summed E-state index contributed by atoms with van der Waals surface area (Å²) in [5, 5.41) is 5.21. The average Bonchev–Trinajstić information content (AvgIpc) is 3.19. The highest BCUT2D eigenvalue weighted by atomic mass is 32.1. The van der Waals surface area contributed by atoms with Gasteiger partial charge in [-0.25, -0.2) is 4.98 Å². The molecule has 3 rings (SSSR count). The number of thiophene rings is 1. The fourth-order valence-corrected chi connectivity index (χ4v) is 3.68. The van der Waals surface area contributed by atoms with E-state index in [2.05, 4.69) is 26.7 Å². The van der Waals surface area contributed by atoms with Crippen LogP contribution in [0.1, 0.15) is 47.1 Å². The molecule has 0 saturated heterocycles. The molecule has 104 valence electrons. The Bertz CT molecular complexity index is 550. The molecule has 1 aliphatic carbocycles. The van der Waals surface area contributed by atoms with Crippen LogP contribution in [0.25, 0.3) is 0 Å². The highest BCUT2D eigenvalue weighted by Crippen LogP contribution is 2.37. The largest absolute Gasteiger partial charge is 0.343 e. The standard InChI is InChI=1S/C15H17N3OS/c19-15(12-10-16-7-8-17-12)18-14(11-4-1-2-5-11)13-6-3-9-20-13/h3,6-11,14H,1-2,4-5H2,(H,18,19). The van der Waals surface area contributed by atoms with Gasteiger partial charge < -0.3 is 5.32 Å². The van der Waals surface area contributed by atoms with Crippen molar-refractivity contribution in [1.29, 1.82) is 0 Å². The van der Waals surface area contributed by atoms with Crippen LogP contribution < -0.4 is 5.32 Å². The highest BCUT2D eigenvalue weighted by molar-refractivity contribution is 7.10. The van der Waals surface area contributed by atoms with E-state index in [9.17, 15) is 4.79 Å². The molecule has 1 amide bonds. The quantitative estimate of drug-likeness (QED) is 0.939. The fourth-order valence-electron chi connectivity index (χ4n) is 2.81. The lowest BCUT2D eigenvalue weighted by atomic mass is 9.96. The SMILES string of the molecule is O=C(NC(c1cccs1)C1CCCC1)c1cnccn1. The Morgan fingerprint density at radius 2 is 2.20 bits per heavy atom. The Balaban J connectivity index is 1.78. The molecular formula is C15H17N3OS. The van der Waals surface area contributed by atoms with Gasteiger partial charge in [0.15, 0.2) is 0 Å². The van der Waals surface area contributed by atoms with Crippen LogP contribution >= 0.6 is 11.3 Å². The second-order valence-electron chi connectivity index (χ2n) is 5.10. The van der Waals surface area contributed by atoms with E-state index in [0.29, 0.717) is 11.6 Å². The molecule has 1 fully saturated rings. The first-order chi connectivity index (χ1) is 9.84. The number of nitrogens with one attached hydrogen (secondary N) is 1. The van der Waals surface area contributed by atoms with Gasteiger partial charge >= 0.3 is 0 Å². The molecule has 4 nitrogen and oxygen atoms in total. The lowest BCUT2D eigenvalue weighted by Gasteiger charge is -2.23. The summed E-state index contributed by atoms with van der Waals surface area (Å²) in [5.74, 6) is 0.401. The maximum atomic E-state index is 12.3. The van der Waals surface area contributed by atoms with E-state index in [4.69, 9.17) is 0 Å². The van der Waals surface area contributed by atoms with E-state index < -0.39 is 0 Å². The van der Waals surface area contributed by atoms with Crippen molar-refractivity contribution in [3.63, 3.8) is 0 Å². The van der Waals surface area contributed by atoms with Crippen LogP contribution in [0, 0.1) is 5.92 Å². The van der Waals surface area contributed by atoms with Gasteiger partial charge in [0, 0.05) is 17.3 Å². The van der Waals surface area contributed by atoms with Crippen molar-refractivity contribution in [3.05, 3.63) is 46.7 Å². The topological polar surface area (TPSA) is 54.9 Å². The maximum Gasteiger partial charge on any atom is 0.271 e. The second-order valence-corrected chi connectivity index (χ2v) is 6.08. The first-order valence-electron chi connectivity index (χ1n) is 6.95. The summed E-state index contributed by atoms with van der Waals surface area (Å²) < 4.78 is 0. The average molecular weight is 287 g/mol. The third kappa shape index (κ3) is 2.88. The Labute approximate surface area is 122 Å². The number of carbonyl (C=O) groups is 1. The second kappa shape index (κ2) is 6.13. The molecule has 0 bridgehead atoms. The number of amides is 1. The van der Waals surface area contributed by atoms with E-state index in [1.807, 2.05) is 6.07 Å². The molecule has 1 aliphatic rings. The predicted molar refractivity (Wildman–Crippen MR) is 78.5 cm³/mol. The molecule has 0 aliphatic heterocycles. The smallest absolute Gasteiger partial charge is 0.271 e. The monoisotopic (exact) mass is 287 g/mol. The number of hydrogen-bond donors (Lipinski definition) is 1. The molecule has 0 aromatic carbocycles. The number of carbonyl (C=O) groups excluding carboxylic acids is 1. The summed E-state index contributed by atoms with van der Waals surface area (Å²) in [6, 6.07) is 4.24.